The van der Waals surface area contributed by atoms with Crippen LogP contribution in [0.15, 0.2) is 53.6 Å². The maximum absolute atomic E-state index is 12.5. The summed E-state index contributed by atoms with van der Waals surface area (Å²) in [6.45, 7) is 1.74. The van der Waals surface area contributed by atoms with E-state index in [2.05, 4.69) is 4.72 Å². The Labute approximate surface area is 172 Å². The first-order valence-electron chi connectivity index (χ1n) is 8.46. The number of aliphatic carboxylic acids is 1. The van der Waals surface area contributed by atoms with Gasteiger partial charge in [0, 0.05) is 28.7 Å². The molecule has 3 aromatic rings. The maximum Gasteiger partial charge on any atom is 0.326 e. The molecule has 0 fully saturated rings. The van der Waals surface area contributed by atoms with Crippen molar-refractivity contribution in [3.63, 3.8) is 0 Å². The summed E-state index contributed by atoms with van der Waals surface area (Å²) in [6, 6.07) is 10.9. The first-order chi connectivity index (χ1) is 13.2. The Balaban J connectivity index is 1.81. The predicted octanol–water partition coefficient (Wildman–Crippen LogP) is 4.11. The number of nitrogens with zero attached hydrogens (tertiary/aromatic N) is 1. The molecule has 0 amide bonds. The number of fused-ring (bicyclic) bond motifs is 1. The van der Waals surface area contributed by atoms with E-state index in [1.54, 1.807) is 17.7 Å². The van der Waals surface area contributed by atoms with E-state index < -0.39 is 22.0 Å². The molecule has 1 atom stereocenters. The van der Waals surface area contributed by atoms with Crippen molar-refractivity contribution in [2.45, 2.75) is 24.3 Å². The lowest BCUT2D eigenvalue weighted by molar-refractivity contribution is -0.140. The van der Waals surface area contributed by atoms with E-state index >= 15 is 0 Å². The van der Waals surface area contributed by atoms with Crippen LogP contribution in [0.1, 0.15) is 18.5 Å². The number of aromatic nitrogens is 1. The average molecular weight is 441 g/mol. The van der Waals surface area contributed by atoms with Crippen LogP contribution in [-0.2, 0) is 21.2 Å². The highest BCUT2D eigenvalue weighted by molar-refractivity contribution is 7.89. The van der Waals surface area contributed by atoms with Crippen LogP contribution in [0.25, 0.3) is 10.9 Å². The van der Waals surface area contributed by atoms with E-state index in [0.717, 1.165) is 16.5 Å². The molecule has 9 heteroatoms. The largest absolute Gasteiger partial charge is 0.480 e. The van der Waals surface area contributed by atoms with Gasteiger partial charge in [-0.05, 0) is 43.2 Å². The monoisotopic (exact) mass is 440 g/mol. The molecule has 0 spiro atoms. The van der Waals surface area contributed by atoms with Crippen LogP contribution in [0.5, 0.6) is 0 Å². The molecular formula is C19H18Cl2N2O4S. The Morgan fingerprint density at radius 3 is 2.61 bits per heavy atom. The van der Waals surface area contributed by atoms with Gasteiger partial charge in [-0.25, -0.2) is 17.9 Å². The second kappa shape index (κ2) is 8.13. The minimum Gasteiger partial charge on any atom is -0.480 e. The zero-order valence-corrected chi connectivity index (χ0v) is 17.2. The van der Waals surface area contributed by atoms with Gasteiger partial charge in [-0.15, -0.1) is 0 Å². The molecule has 148 valence electrons. The number of nitrogens with one attached hydrogen (secondary N) is 1. The molecule has 3 rings (SSSR count). The molecule has 1 aromatic heterocycles. The second-order valence-corrected chi connectivity index (χ2v) is 8.89. The molecule has 0 radical (unpaired) electrons. The fourth-order valence-electron chi connectivity index (χ4n) is 3.01. The van der Waals surface area contributed by atoms with E-state index in [9.17, 15) is 18.3 Å². The van der Waals surface area contributed by atoms with Crippen LogP contribution in [0.2, 0.25) is 10.0 Å². The number of carbonyl (C=O) groups is 1. The number of carboxylic acid groups (broad SMARTS) is 1. The van der Waals surface area contributed by atoms with Crippen molar-refractivity contribution in [1.82, 2.24) is 9.29 Å². The van der Waals surface area contributed by atoms with Crippen molar-refractivity contribution in [3.05, 3.63) is 64.3 Å². The average Bonchev–Trinajstić information content (AvgIpc) is 2.99. The third-order valence-electron chi connectivity index (χ3n) is 4.47. The first-order valence-corrected chi connectivity index (χ1v) is 10.7. The fraction of sp³-hybridized carbons (Fsp3) is 0.211. The smallest absolute Gasteiger partial charge is 0.326 e. The van der Waals surface area contributed by atoms with Crippen molar-refractivity contribution in [1.29, 1.82) is 0 Å². The minimum absolute atomic E-state index is 0.0412. The number of rotatable bonds is 7. The number of hydrogen-bond donors (Lipinski definition) is 2. The summed E-state index contributed by atoms with van der Waals surface area (Å²) >= 11 is 11.8. The van der Waals surface area contributed by atoms with Gasteiger partial charge < -0.3 is 9.67 Å². The number of benzene rings is 2. The second-order valence-electron chi connectivity index (χ2n) is 6.32. The number of sulfonamides is 1. The molecule has 2 N–H and O–H groups in total. The Bertz CT molecular complexity index is 1140. The molecule has 0 saturated heterocycles. The van der Waals surface area contributed by atoms with Gasteiger partial charge in [-0.1, -0.05) is 41.4 Å². The zero-order chi connectivity index (χ0) is 20.5. The highest BCUT2D eigenvalue weighted by atomic mass is 35.5. The summed E-state index contributed by atoms with van der Waals surface area (Å²) in [6.07, 6.45) is 2.15. The summed E-state index contributed by atoms with van der Waals surface area (Å²) in [7, 11) is -3.80. The number of hydrogen-bond acceptors (Lipinski definition) is 3. The first kappa shape index (κ1) is 20.7. The molecule has 0 bridgehead atoms. The third kappa shape index (κ3) is 4.17. The Kier molecular flexibility index (Phi) is 6.00. The van der Waals surface area contributed by atoms with Gasteiger partial charge in [0.05, 0.1) is 5.02 Å². The summed E-state index contributed by atoms with van der Waals surface area (Å²) < 4.78 is 29.2. The van der Waals surface area contributed by atoms with Gasteiger partial charge in [0.2, 0.25) is 10.0 Å². The quantitative estimate of drug-likeness (QED) is 0.578. The summed E-state index contributed by atoms with van der Waals surface area (Å²) in [4.78, 5) is 11.3. The molecule has 0 saturated carbocycles. The molecule has 0 aliphatic rings. The molecule has 6 nitrogen and oxygen atoms in total. The normalized spacial score (nSPS) is 13.0. The van der Waals surface area contributed by atoms with Gasteiger partial charge in [-0.3, -0.25) is 0 Å². The summed E-state index contributed by atoms with van der Waals surface area (Å²) in [5.74, 6) is -0.939. The maximum atomic E-state index is 12.5. The molecule has 28 heavy (non-hydrogen) atoms. The molecule has 2 aromatic carbocycles. The standard InChI is InChI=1S/C19H18Cl2N2O4S/c1-12(19(24)25)23-11-13(15-4-2-3-5-17(15)23)8-9-22-28(26,27)18-7-6-14(20)10-16(18)21/h2-7,10-12,22H,8-9H2,1H3,(H,24,25). The molecule has 0 aliphatic heterocycles. The van der Waals surface area contributed by atoms with Crippen LogP contribution < -0.4 is 4.72 Å². The Hall–Kier alpha value is -2.06. The third-order valence-corrected chi connectivity index (χ3v) is 6.65. The van der Waals surface area contributed by atoms with Crippen molar-refractivity contribution in [2.24, 2.45) is 0 Å². The van der Waals surface area contributed by atoms with Crippen LogP contribution in [0, 0.1) is 0 Å². The van der Waals surface area contributed by atoms with Crippen LogP contribution >= 0.6 is 23.2 Å². The van der Waals surface area contributed by atoms with Gasteiger partial charge >= 0.3 is 5.97 Å². The van der Waals surface area contributed by atoms with Crippen LogP contribution in [0.3, 0.4) is 0 Å². The number of halogens is 2. The van der Waals surface area contributed by atoms with Gasteiger partial charge in [-0.2, -0.15) is 0 Å². The lowest BCUT2D eigenvalue weighted by Gasteiger charge is -2.09. The predicted molar refractivity (Wildman–Crippen MR) is 110 cm³/mol. The zero-order valence-electron chi connectivity index (χ0n) is 14.9. The van der Waals surface area contributed by atoms with Crippen molar-refractivity contribution in [3.8, 4) is 0 Å². The SMILES string of the molecule is CC(C(=O)O)n1cc(CCNS(=O)(=O)c2ccc(Cl)cc2Cl)c2ccccc21. The molecule has 1 heterocycles. The van der Waals surface area contributed by atoms with Gasteiger partial charge in [0.25, 0.3) is 0 Å². The summed E-state index contributed by atoms with van der Waals surface area (Å²) in [5.41, 5.74) is 1.64. The Morgan fingerprint density at radius 2 is 1.93 bits per heavy atom. The van der Waals surface area contributed by atoms with E-state index in [0.29, 0.717) is 11.4 Å². The van der Waals surface area contributed by atoms with E-state index in [1.807, 2.05) is 24.3 Å². The van der Waals surface area contributed by atoms with Crippen LogP contribution in [-0.4, -0.2) is 30.6 Å². The lowest BCUT2D eigenvalue weighted by atomic mass is 10.1. The fourth-order valence-corrected chi connectivity index (χ4v) is 4.81. The highest BCUT2D eigenvalue weighted by Gasteiger charge is 2.20. The molecule has 0 aliphatic carbocycles. The molecular weight excluding hydrogens is 423 g/mol. The minimum atomic E-state index is -3.80. The number of carboxylic acids is 1. The molecule has 1 unspecified atom stereocenters. The van der Waals surface area contributed by atoms with E-state index in [1.165, 1.54) is 18.2 Å². The Morgan fingerprint density at radius 1 is 1.21 bits per heavy atom. The topological polar surface area (TPSA) is 88.4 Å². The van der Waals surface area contributed by atoms with E-state index in [4.69, 9.17) is 23.2 Å². The lowest BCUT2D eigenvalue weighted by Crippen LogP contribution is -2.26. The van der Waals surface area contributed by atoms with E-state index in [-0.39, 0.29) is 16.5 Å². The van der Waals surface area contributed by atoms with Crippen molar-refractivity contribution < 1.29 is 18.3 Å². The van der Waals surface area contributed by atoms with Crippen molar-refractivity contribution >= 4 is 50.1 Å². The van der Waals surface area contributed by atoms with Crippen molar-refractivity contribution in [2.75, 3.05) is 6.54 Å². The van der Waals surface area contributed by atoms with Gasteiger partial charge in [0.1, 0.15) is 10.9 Å². The highest BCUT2D eigenvalue weighted by Crippen LogP contribution is 2.26. The summed E-state index contributed by atoms with van der Waals surface area (Å²) in [5, 5.41) is 10.6. The van der Waals surface area contributed by atoms with Gasteiger partial charge in [0.15, 0.2) is 0 Å². The van der Waals surface area contributed by atoms with Crippen LogP contribution in [0.4, 0.5) is 0 Å². The number of para-hydroxylation sites is 1.